The highest BCUT2D eigenvalue weighted by molar-refractivity contribution is 7.07. The Hall–Kier alpha value is -6.18. The summed E-state index contributed by atoms with van der Waals surface area (Å²) in [6.45, 7) is 4.39. The number of aromatic nitrogens is 2. The van der Waals surface area contributed by atoms with Gasteiger partial charge in [0.1, 0.15) is 0 Å². The number of hydrogen-bond donors (Lipinski definition) is 2. The van der Waals surface area contributed by atoms with Crippen molar-refractivity contribution in [2.75, 3.05) is 11.9 Å². The number of phenolic OH excluding ortho intramolecular Hbond substituents is 1. The number of ether oxygens (including phenoxy) is 1. The second-order valence-corrected chi connectivity index (χ2v) is 12.6. The highest BCUT2D eigenvalue weighted by atomic mass is 32.1. The van der Waals surface area contributed by atoms with Gasteiger partial charge in [-0.25, -0.2) is 4.99 Å². The number of hydrogen-bond acceptors (Lipinski definition) is 7. The first-order valence-electron chi connectivity index (χ1n) is 15.8. The van der Waals surface area contributed by atoms with Crippen molar-refractivity contribution in [2.24, 2.45) is 4.99 Å². The molecular formula is C39H31N5O4S. The topological polar surface area (TPSA) is 122 Å². The van der Waals surface area contributed by atoms with E-state index in [2.05, 4.69) is 16.0 Å². The first kappa shape index (κ1) is 31.4. The molecule has 1 aliphatic rings. The third-order valence-corrected chi connectivity index (χ3v) is 9.46. The maximum absolute atomic E-state index is 14.4. The molecule has 1 amide bonds. The molecule has 0 radical (unpaired) electrons. The van der Waals surface area contributed by atoms with Gasteiger partial charge in [-0.05, 0) is 67.4 Å². The van der Waals surface area contributed by atoms with Crippen molar-refractivity contribution in [1.82, 2.24) is 9.13 Å². The van der Waals surface area contributed by atoms with Crippen molar-refractivity contribution >= 4 is 39.9 Å². The maximum atomic E-state index is 14.4. The van der Waals surface area contributed by atoms with Gasteiger partial charge in [0, 0.05) is 34.9 Å². The van der Waals surface area contributed by atoms with Crippen LogP contribution in [0.15, 0.2) is 124 Å². The fourth-order valence-electron chi connectivity index (χ4n) is 6.23. The Bertz CT molecular complexity index is 2500. The van der Waals surface area contributed by atoms with Crippen molar-refractivity contribution < 1.29 is 14.6 Å². The molecule has 2 aromatic heterocycles. The summed E-state index contributed by atoms with van der Waals surface area (Å²) in [6, 6.07) is 30.9. The molecule has 1 atom stereocenters. The van der Waals surface area contributed by atoms with E-state index in [1.54, 1.807) is 41.8 Å². The lowest BCUT2D eigenvalue weighted by molar-refractivity contribution is -0.113. The predicted molar refractivity (Wildman–Crippen MR) is 190 cm³/mol. The molecular weight excluding hydrogens is 635 g/mol. The normalized spacial score (nSPS) is 14.3. The zero-order valence-corrected chi connectivity index (χ0v) is 27.6. The SMILES string of the molecule is CCOc1cc([C@H]2C(C(=O)Nc3ccccc3)=C(C)N=c3s/c(=C\c4cn(Cc5ccccc5C#N)c5ccccc45)c(=O)n32)ccc1O. The lowest BCUT2D eigenvalue weighted by Crippen LogP contribution is -2.40. The summed E-state index contributed by atoms with van der Waals surface area (Å²) in [6.07, 6.45) is 3.86. The van der Waals surface area contributed by atoms with E-state index < -0.39 is 11.9 Å². The number of nitrogens with zero attached hydrogens (tertiary/aromatic N) is 4. The molecule has 242 valence electrons. The molecule has 9 nitrogen and oxygen atoms in total. The van der Waals surface area contributed by atoms with E-state index in [0.29, 0.717) is 50.6 Å². The second-order valence-electron chi connectivity index (χ2n) is 11.6. The number of para-hydroxylation sites is 2. The lowest BCUT2D eigenvalue weighted by Gasteiger charge is -2.26. The van der Waals surface area contributed by atoms with Crippen LogP contribution in [0.1, 0.15) is 42.1 Å². The number of anilines is 1. The molecule has 7 rings (SSSR count). The van der Waals surface area contributed by atoms with Gasteiger partial charge in [-0.2, -0.15) is 5.26 Å². The summed E-state index contributed by atoms with van der Waals surface area (Å²) in [5.74, 6) is -0.174. The molecule has 3 heterocycles. The van der Waals surface area contributed by atoms with Crippen LogP contribution in [0.3, 0.4) is 0 Å². The number of carbonyl (C=O) groups is 1. The first-order chi connectivity index (χ1) is 23.9. The highest BCUT2D eigenvalue weighted by Crippen LogP contribution is 2.36. The van der Waals surface area contributed by atoms with E-state index in [1.807, 2.05) is 79.9 Å². The Labute approximate surface area is 285 Å². The molecule has 0 saturated carbocycles. The summed E-state index contributed by atoms with van der Waals surface area (Å²) >= 11 is 1.25. The quantitative estimate of drug-likeness (QED) is 0.211. The Kier molecular flexibility index (Phi) is 8.43. The number of phenols is 1. The zero-order valence-electron chi connectivity index (χ0n) is 26.8. The standard InChI is InChI=1S/C39H31N5O4S/c1-3-48-33-19-25(17-18-32(33)45)36-35(37(46)42-29-13-5-4-6-14-29)24(2)41-39-44(36)38(47)34(49-39)20-28-23-43(31-16-10-9-15-30(28)31)22-27-12-8-7-11-26(27)21-40/h4-20,23,36,45H,3,22H2,1-2H3,(H,42,46)/b34-20-/t36-/m0/s1. The van der Waals surface area contributed by atoms with Crippen molar-refractivity contribution in [3.05, 3.63) is 156 Å². The molecule has 0 spiro atoms. The largest absolute Gasteiger partial charge is 0.504 e. The number of benzene rings is 4. The third-order valence-electron chi connectivity index (χ3n) is 8.48. The number of allylic oxidation sites excluding steroid dienone is 1. The Morgan fingerprint density at radius 1 is 1.06 bits per heavy atom. The number of aromatic hydroxyl groups is 1. The van der Waals surface area contributed by atoms with E-state index in [0.717, 1.165) is 22.0 Å². The van der Waals surface area contributed by atoms with Gasteiger partial charge in [-0.1, -0.05) is 72.0 Å². The van der Waals surface area contributed by atoms with Gasteiger partial charge in [0.2, 0.25) is 0 Å². The number of fused-ring (bicyclic) bond motifs is 2. The van der Waals surface area contributed by atoms with Crippen molar-refractivity contribution in [1.29, 1.82) is 5.26 Å². The van der Waals surface area contributed by atoms with Gasteiger partial charge in [0.25, 0.3) is 11.5 Å². The van der Waals surface area contributed by atoms with Crippen LogP contribution >= 0.6 is 11.3 Å². The van der Waals surface area contributed by atoms with Crippen LogP contribution in [0.25, 0.3) is 17.0 Å². The Morgan fingerprint density at radius 2 is 1.82 bits per heavy atom. The van der Waals surface area contributed by atoms with Crippen LogP contribution in [0.5, 0.6) is 11.5 Å². The molecule has 0 aliphatic carbocycles. The number of nitriles is 1. The van der Waals surface area contributed by atoms with Crippen LogP contribution in [0.4, 0.5) is 5.69 Å². The van der Waals surface area contributed by atoms with E-state index in [-0.39, 0.29) is 17.1 Å². The molecule has 6 aromatic rings. The zero-order chi connectivity index (χ0) is 34.1. The molecule has 0 unspecified atom stereocenters. The molecule has 49 heavy (non-hydrogen) atoms. The number of amides is 1. The minimum Gasteiger partial charge on any atom is -0.504 e. The Morgan fingerprint density at radius 3 is 2.61 bits per heavy atom. The van der Waals surface area contributed by atoms with Gasteiger partial charge in [-0.15, -0.1) is 0 Å². The minimum absolute atomic E-state index is 0.0391. The predicted octanol–water partition coefficient (Wildman–Crippen LogP) is 5.85. The van der Waals surface area contributed by atoms with Crippen LogP contribution in [-0.2, 0) is 11.3 Å². The van der Waals surface area contributed by atoms with E-state index in [4.69, 9.17) is 9.73 Å². The van der Waals surface area contributed by atoms with Crippen molar-refractivity contribution in [3.8, 4) is 17.6 Å². The molecule has 1 aliphatic heterocycles. The van der Waals surface area contributed by atoms with Gasteiger partial charge in [0.15, 0.2) is 16.3 Å². The number of nitrogens with one attached hydrogen (secondary N) is 1. The monoisotopic (exact) mass is 665 g/mol. The summed E-state index contributed by atoms with van der Waals surface area (Å²) in [7, 11) is 0. The number of carbonyl (C=O) groups excluding carboxylic acids is 1. The van der Waals surface area contributed by atoms with E-state index in [1.165, 1.54) is 17.4 Å². The molecule has 4 aromatic carbocycles. The lowest BCUT2D eigenvalue weighted by atomic mass is 9.94. The fraction of sp³-hybridized carbons (Fsp3) is 0.128. The van der Waals surface area contributed by atoms with Crippen LogP contribution in [0.2, 0.25) is 0 Å². The molecule has 0 fully saturated rings. The summed E-state index contributed by atoms with van der Waals surface area (Å²) < 4.78 is 9.77. The van der Waals surface area contributed by atoms with Crippen molar-refractivity contribution in [2.45, 2.75) is 26.4 Å². The van der Waals surface area contributed by atoms with Crippen LogP contribution in [-0.4, -0.2) is 26.8 Å². The average molecular weight is 666 g/mol. The Balaban J connectivity index is 1.38. The number of thiazole rings is 1. The maximum Gasteiger partial charge on any atom is 0.271 e. The van der Waals surface area contributed by atoms with Crippen LogP contribution < -0.4 is 24.9 Å². The molecule has 0 saturated heterocycles. The summed E-state index contributed by atoms with van der Waals surface area (Å²) in [5, 5.41) is 24.1. The third kappa shape index (κ3) is 5.92. The van der Waals surface area contributed by atoms with Gasteiger partial charge in [0.05, 0.1) is 40.1 Å². The second kappa shape index (κ2) is 13.1. The first-order valence-corrected chi connectivity index (χ1v) is 16.6. The number of rotatable bonds is 8. The van der Waals surface area contributed by atoms with Crippen molar-refractivity contribution in [3.63, 3.8) is 0 Å². The molecule has 0 bridgehead atoms. The molecule has 10 heteroatoms. The van der Waals surface area contributed by atoms with Gasteiger partial charge >= 0.3 is 0 Å². The van der Waals surface area contributed by atoms with Gasteiger partial charge < -0.3 is 19.7 Å². The van der Waals surface area contributed by atoms with Gasteiger partial charge in [-0.3, -0.25) is 14.2 Å². The molecule has 2 N–H and O–H groups in total. The highest BCUT2D eigenvalue weighted by Gasteiger charge is 2.33. The van der Waals surface area contributed by atoms with E-state index >= 15 is 0 Å². The smallest absolute Gasteiger partial charge is 0.271 e. The summed E-state index contributed by atoms with van der Waals surface area (Å²) in [4.78, 5) is 33.6. The summed E-state index contributed by atoms with van der Waals surface area (Å²) in [5.41, 5.74) is 5.00. The van der Waals surface area contributed by atoms with E-state index in [9.17, 15) is 20.0 Å². The minimum atomic E-state index is -0.842. The fourth-order valence-corrected chi connectivity index (χ4v) is 7.27. The van der Waals surface area contributed by atoms with Crippen LogP contribution in [0, 0.1) is 11.3 Å². The average Bonchev–Trinajstić information content (AvgIpc) is 3.61.